The van der Waals surface area contributed by atoms with Crippen LogP contribution in [0.4, 0.5) is 0 Å². The summed E-state index contributed by atoms with van der Waals surface area (Å²) in [5.74, 6) is 0. The van der Waals surface area contributed by atoms with Gasteiger partial charge in [0, 0.05) is 17.1 Å². The lowest BCUT2D eigenvalue weighted by Crippen LogP contribution is -2.26. The SMILES string of the molecule is C=C(Br)CNC1CCCc2ccccc21. The Kier molecular flexibility index (Phi) is 3.60. The van der Waals surface area contributed by atoms with Gasteiger partial charge in [-0.2, -0.15) is 0 Å². The van der Waals surface area contributed by atoms with E-state index in [1.54, 1.807) is 0 Å². The molecule has 1 N–H and O–H groups in total. The Labute approximate surface area is 99.7 Å². The van der Waals surface area contributed by atoms with Crippen LogP contribution in [0.25, 0.3) is 0 Å². The van der Waals surface area contributed by atoms with Crippen LogP contribution >= 0.6 is 15.9 Å². The van der Waals surface area contributed by atoms with Gasteiger partial charge in [-0.1, -0.05) is 46.8 Å². The Morgan fingerprint density at radius 1 is 1.47 bits per heavy atom. The van der Waals surface area contributed by atoms with Gasteiger partial charge in [0.2, 0.25) is 0 Å². The molecule has 2 heteroatoms. The fraction of sp³-hybridized carbons (Fsp3) is 0.385. The predicted octanol–water partition coefficient (Wildman–Crippen LogP) is 3.56. The first-order valence-corrected chi connectivity index (χ1v) is 6.21. The van der Waals surface area contributed by atoms with Gasteiger partial charge in [0.15, 0.2) is 0 Å². The summed E-state index contributed by atoms with van der Waals surface area (Å²) in [4.78, 5) is 0. The number of nitrogens with one attached hydrogen (secondary N) is 1. The molecule has 0 saturated heterocycles. The van der Waals surface area contributed by atoms with E-state index in [1.165, 1.54) is 30.4 Å². The summed E-state index contributed by atoms with van der Waals surface area (Å²) in [6, 6.07) is 9.24. The molecule has 0 aromatic heterocycles. The molecule has 0 spiro atoms. The summed E-state index contributed by atoms with van der Waals surface area (Å²) < 4.78 is 1.02. The molecule has 1 nitrogen and oxygen atoms in total. The summed E-state index contributed by atoms with van der Waals surface area (Å²) in [5.41, 5.74) is 2.97. The van der Waals surface area contributed by atoms with Crippen molar-refractivity contribution < 1.29 is 0 Å². The lowest BCUT2D eigenvalue weighted by Gasteiger charge is -2.26. The minimum atomic E-state index is 0.504. The molecule has 1 aromatic carbocycles. The highest BCUT2D eigenvalue weighted by atomic mass is 79.9. The first-order valence-electron chi connectivity index (χ1n) is 5.42. The Morgan fingerprint density at radius 3 is 3.07 bits per heavy atom. The molecule has 2 rings (SSSR count). The molecule has 1 aliphatic rings. The van der Waals surface area contributed by atoms with Crippen molar-refractivity contribution in [1.82, 2.24) is 5.32 Å². The zero-order chi connectivity index (χ0) is 10.7. The molecule has 0 heterocycles. The minimum Gasteiger partial charge on any atom is -0.305 e. The average molecular weight is 266 g/mol. The molecule has 0 radical (unpaired) electrons. The monoisotopic (exact) mass is 265 g/mol. The maximum absolute atomic E-state index is 3.85. The van der Waals surface area contributed by atoms with Crippen LogP contribution in [0.5, 0.6) is 0 Å². The highest BCUT2D eigenvalue weighted by molar-refractivity contribution is 9.11. The molecule has 0 bridgehead atoms. The molecule has 1 atom stereocenters. The lowest BCUT2D eigenvalue weighted by molar-refractivity contribution is 0.480. The number of halogens is 1. The fourth-order valence-electron chi connectivity index (χ4n) is 2.20. The van der Waals surface area contributed by atoms with E-state index in [0.29, 0.717) is 6.04 Å². The number of fused-ring (bicyclic) bond motifs is 1. The predicted molar refractivity (Wildman–Crippen MR) is 68.2 cm³/mol. The first-order chi connectivity index (χ1) is 7.27. The molecule has 1 aliphatic carbocycles. The van der Waals surface area contributed by atoms with Crippen molar-refractivity contribution in [2.24, 2.45) is 0 Å². The van der Waals surface area contributed by atoms with E-state index in [2.05, 4.69) is 52.1 Å². The maximum Gasteiger partial charge on any atom is 0.0326 e. The maximum atomic E-state index is 3.85. The van der Waals surface area contributed by atoms with Crippen molar-refractivity contribution in [1.29, 1.82) is 0 Å². The molecule has 15 heavy (non-hydrogen) atoms. The second-order valence-electron chi connectivity index (χ2n) is 4.04. The summed E-state index contributed by atoms with van der Waals surface area (Å²) in [5, 5.41) is 3.53. The van der Waals surface area contributed by atoms with E-state index in [1.807, 2.05) is 0 Å². The van der Waals surface area contributed by atoms with Gasteiger partial charge in [0.1, 0.15) is 0 Å². The number of rotatable bonds is 3. The third kappa shape index (κ3) is 2.70. The van der Waals surface area contributed by atoms with Crippen molar-refractivity contribution in [2.45, 2.75) is 25.3 Å². The lowest BCUT2D eigenvalue weighted by atomic mass is 9.88. The van der Waals surface area contributed by atoms with Gasteiger partial charge in [0.25, 0.3) is 0 Å². The highest BCUT2D eigenvalue weighted by Crippen LogP contribution is 2.29. The van der Waals surface area contributed by atoms with Crippen LogP contribution in [0.15, 0.2) is 35.3 Å². The van der Waals surface area contributed by atoms with Gasteiger partial charge < -0.3 is 5.32 Å². The molecule has 1 unspecified atom stereocenters. The van der Waals surface area contributed by atoms with Gasteiger partial charge in [-0.3, -0.25) is 0 Å². The van der Waals surface area contributed by atoms with Crippen LogP contribution in [-0.4, -0.2) is 6.54 Å². The van der Waals surface area contributed by atoms with E-state index in [4.69, 9.17) is 0 Å². The van der Waals surface area contributed by atoms with Crippen molar-refractivity contribution in [3.8, 4) is 0 Å². The van der Waals surface area contributed by atoms with E-state index in [-0.39, 0.29) is 0 Å². The second-order valence-corrected chi connectivity index (χ2v) is 5.16. The fourth-order valence-corrected chi connectivity index (χ4v) is 2.36. The second kappa shape index (κ2) is 4.95. The standard InChI is InChI=1S/C13H16BrN/c1-10(14)9-15-13-8-4-6-11-5-2-3-7-12(11)13/h2-3,5,7,13,15H,1,4,6,8-9H2. The van der Waals surface area contributed by atoms with Crippen LogP contribution in [0.2, 0.25) is 0 Å². The quantitative estimate of drug-likeness (QED) is 0.882. The number of aryl methyl sites for hydroxylation is 1. The minimum absolute atomic E-state index is 0.504. The largest absolute Gasteiger partial charge is 0.305 e. The number of benzene rings is 1. The molecule has 0 aliphatic heterocycles. The molecule has 1 aromatic rings. The topological polar surface area (TPSA) is 12.0 Å². The van der Waals surface area contributed by atoms with Gasteiger partial charge in [0.05, 0.1) is 0 Å². The van der Waals surface area contributed by atoms with E-state index >= 15 is 0 Å². The Hall–Kier alpha value is -0.600. The summed E-state index contributed by atoms with van der Waals surface area (Å²) in [7, 11) is 0. The van der Waals surface area contributed by atoms with Gasteiger partial charge in [-0.05, 0) is 30.4 Å². The van der Waals surface area contributed by atoms with Crippen molar-refractivity contribution in [3.05, 3.63) is 46.5 Å². The zero-order valence-corrected chi connectivity index (χ0v) is 10.4. The van der Waals surface area contributed by atoms with Gasteiger partial charge in [-0.25, -0.2) is 0 Å². The molecule has 0 fully saturated rings. The summed E-state index contributed by atoms with van der Waals surface area (Å²) in [6.45, 7) is 4.70. The van der Waals surface area contributed by atoms with Crippen LogP contribution in [0.1, 0.15) is 30.0 Å². The number of hydrogen-bond acceptors (Lipinski definition) is 1. The summed E-state index contributed by atoms with van der Waals surface area (Å²) >= 11 is 3.38. The Bertz CT molecular complexity index is 359. The van der Waals surface area contributed by atoms with Gasteiger partial charge in [-0.15, -0.1) is 0 Å². The third-order valence-electron chi connectivity index (χ3n) is 2.91. The third-order valence-corrected chi connectivity index (χ3v) is 3.19. The number of hydrogen-bond donors (Lipinski definition) is 1. The average Bonchev–Trinajstić information content (AvgIpc) is 2.26. The first kappa shape index (κ1) is 10.9. The van der Waals surface area contributed by atoms with Gasteiger partial charge >= 0.3 is 0 Å². The normalized spacial score (nSPS) is 19.7. The van der Waals surface area contributed by atoms with Crippen LogP contribution in [0.3, 0.4) is 0 Å². The van der Waals surface area contributed by atoms with Crippen molar-refractivity contribution >= 4 is 15.9 Å². The molecular formula is C13H16BrN. The van der Waals surface area contributed by atoms with Crippen molar-refractivity contribution in [3.63, 3.8) is 0 Å². The smallest absolute Gasteiger partial charge is 0.0326 e. The van der Waals surface area contributed by atoms with E-state index in [9.17, 15) is 0 Å². The van der Waals surface area contributed by atoms with Crippen LogP contribution in [-0.2, 0) is 6.42 Å². The van der Waals surface area contributed by atoms with E-state index < -0.39 is 0 Å². The van der Waals surface area contributed by atoms with E-state index in [0.717, 1.165) is 11.0 Å². The highest BCUT2D eigenvalue weighted by Gasteiger charge is 2.18. The molecule has 80 valence electrons. The zero-order valence-electron chi connectivity index (χ0n) is 8.80. The van der Waals surface area contributed by atoms with Crippen LogP contribution < -0.4 is 5.32 Å². The molecule has 0 saturated carbocycles. The van der Waals surface area contributed by atoms with Crippen LogP contribution in [0, 0.1) is 0 Å². The molecule has 0 amide bonds. The molecular weight excluding hydrogens is 250 g/mol. The Balaban J connectivity index is 2.11. The Morgan fingerprint density at radius 2 is 2.27 bits per heavy atom. The summed E-state index contributed by atoms with van der Waals surface area (Å²) in [6.07, 6.45) is 3.74. The van der Waals surface area contributed by atoms with Crippen molar-refractivity contribution in [2.75, 3.05) is 6.54 Å².